The van der Waals surface area contributed by atoms with E-state index in [4.69, 9.17) is 0 Å². The van der Waals surface area contributed by atoms with E-state index in [2.05, 4.69) is 11.9 Å². The molecular formula is C15H25NO. The SMILES string of the molecule is CCCCCCCCc1c(C)[nH]c(C)cc1=O. The van der Waals surface area contributed by atoms with Crippen molar-refractivity contribution in [2.45, 2.75) is 65.7 Å². The summed E-state index contributed by atoms with van der Waals surface area (Å²) in [5.74, 6) is 0. The lowest BCUT2D eigenvalue weighted by Crippen LogP contribution is -2.12. The van der Waals surface area contributed by atoms with Crippen molar-refractivity contribution >= 4 is 0 Å². The maximum absolute atomic E-state index is 11.8. The number of aromatic nitrogens is 1. The number of hydrogen-bond acceptors (Lipinski definition) is 1. The maximum atomic E-state index is 11.8. The quantitative estimate of drug-likeness (QED) is 0.714. The van der Waals surface area contributed by atoms with Gasteiger partial charge >= 0.3 is 0 Å². The monoisotopic (exact) mass is 235 g/mol. The molecule has 96 valence electrons. The number of aryl methyl sites for hydroxylation is 2. The van der Waals surface area contributed by atoms with Crippen molar-refractivity contribution in [2.24, 2.45) is 0 Å². The highest BCUT2D eigenvalue weighted by Gasteiger charge is 2.04. The zero-order valence-corrected chi connectivity index (χ0v) is 11.4. The molecule has 0 unspecified atom stereocenters. The van der Waals surface area contributed by atoms with Gasteiger partial charge in [-0.1, -0.05) is 39.0 Å². The van der Waals surface area contributed by atoms with Crippen LogP contribution in [0, 0.1) is 13.8 Å². The number of aromatic amines is 1. The van der Waals surface area contributed by atoms with Crippen LogP contribution in [-0.4, -0.2) is 4.98 Å². The minimum atomic E-state index is 0.201. The van der Waals surface area contributed by atoms with Gasteiger partial charge < -0.3 is 4.98 Å². The van der Waals surface area contributed by atoms with Gasteiger partial charge in [0.15, 0.2) is 5.43 Å². The first-order chi connectivity index (χ1) is 8.15. The highest BCUT2D eigenvalue weighted by molar-refractivity contribution is 5.21. The summed E-state index contributed by atoms with van der Waals surface area (Å²) >= 11 is 0. The van der Waals surface area contributed by atoms with Gasteiger partial charge in [-0.15, -0.1) is 0 Å². The molecule has 0 aliphatic heterocycles. The van der Waals surface area contributed by atoms with Crippen LogP contribution in [0.3, 0.4) is 0 Å². The highest BCUT2D eigenvalue weighted by atomic mass is 16.1. The van der Waals surface area contributed by atoms with Gasteiger partial charge in [0.05, 0.1) is 0 Å². The minimum absolute atomic E-state index is 0.201. The lowest BCUT2D eigenvalue weighted by Gasteiger charge is -2.06. The number of pyridine rings is 1. The van der Waals surface area contributed by atoms with Gasteiger partial charge in [-0.3, -0.25) is 4.79 Å². The lowest BCUT2D eigenvalue weighted by atomic mass is 10.0. The normalized spacial score (nSPS) is 10.8. The Morgan fingerprint density at radius 3 is 2.35 bits per heavy atom. The van der Waals surface area contributed by atoms with E-state index in [0.717, 1.165) is 29.8 Å². The number of hydrogen-bond donors (Lipinski definition) is 1. The van der Waals surface area contributed by atoms with Crippen LogP contribution >= 0.6 is 0 Å². The molecule has 2 nitrogen and oxygen atoms in total. The molecule has 0 bridgehead atoms. The molecule has 1 aromatic heterocycles. The Hall–Kier alpha value is -1.05. The number of nitrogens with one attached hydrogen (secondary N) is 1. The number of unbranched alkanes of at least 4 members (excludes halogenated alkanes) is 5. The van der Waals surface area contributed by atoms with Gasteiger partial charge in [0.1, 0.15) is 0 Å². The Labute approximate surface area is 104 Å². The first-order valence-electron chi connectivity index (χ1n) is 6.84. The summed E-state index contributed by atoms with van der Waals surface area (Å²) in [6.07, 6.45) is 8.56. The maximum Gasteiger partial charge on any atom is 0.185 e. The zero-order valence-electron chi connectivity index (χ0n) is 11.4. The van der Waals surface area contributed by atoms with Crippen molar-refractivity contribution in [3.05, 3.63) is 33.2 Å². The van der Waals surface area contributed by atoms with Crippen molar-refractivity contribution in [1.29, 1.82) is 0 Å². The van der Waals surface area contributed by atoms with Crippen LogP contribution < -0.4 is 5.43 Å². The molecule has 2 heteroatoms. The van der Waals surface area contributed by atoms with Gasteiger partial charge in [-0.05, 0) is 26.7 Å². The van der Waals surface area contributed by atoms with Crippen LogP contribution in [0.5, 0.6) is 0 Å². The molecule has 0 aliphatic carbocycles. The Balaban J connectivity index is 2.39. The van der Waals surface area contributed by atoms with E-state index in [0.29, 0.717) is 0 Å². The van der Waals surface area contributed by atoms with Gasteiger partial charge in [0.2, 0.25) is 0 Å². The minimum Gasteiger partial charge on any atom is -0.362 e. The van der Waals surface area contributed by atoms with Gasteiger partial charge in [0, 0.05) is 23.0 Å². The van der Waals surface area contributed by atoms with Crippen molar-refractivity contribution in [3.63, 3.8) is 0 Å². The summed E-state index contributed by atoms with van der Waals surface area (Å²) in [4.78, 5) is 15.0. The van der Waals surface area contributed by atoms with Crippen LogP contribution in [0.2, 0.25) is 0 Å². The first-order valence-corrected chi connectivity index (χ1v) is 6.84. The second-order valence-electron chi connectivity index (χ2n) is 4.94. The standard InChI is InChI=1S/C15H25NO/c1-4-5-6-7-8-9-10-14-13(3)16-12(2)11-15(14)17/h11H,4-10H2,1-3H3,(H,16,17). The second kappa shape index (κ2) is 7.31. The van der Waals surface area contributed by atoms with Crippen molar-refractivity contribution < 1.29 is 0 Å². The summed E-state index contributed by atoms with van der Waals surface area (Å²) in [5, 5.41) is 0. The molecule has 1 N–H and O–H groups in total. The fourth-order valence-corrected chi connectivity index (χ4v) is 2.27. The van der Waals surface area contributed by atoms with E-state index in [1.165, 1.54) is 32.1 Å². The fourth-order valence-electron chi connectivity index (χ4n) is 2.27. The lowest BCUT2D eigenvalue weighted by molar-refractivity contribution is 0.605. The molecule has 0 atom stereocenters. The highest BCUT2D eigenvalue weighted by Crippen LogP contribution is 2.09. The molecule has 0 spiro atoms. The summed E-state index contributed by atoms with van der Waals surface area (Å²) in [7, 11) is 0. The smallest absolute Gasteiger partial charge is 0.185 e. The molecule has 1 heterocycles. The van der Waals surface area contributed by atoms with E-state index in [1.807, 2.05) is 13.8 Å². The predicted molar refractivity (Wildman–Crippen MR) is 73.6 cm³/mol. The third-order valence-corrected chi connectivity index (χ3v) is 3.26. The molecule has 1 rings (SSSR count). The summed E-state index contributed by atoms with van der Waals surface area (Å²) in [6.45, 7) is 6.17. The molecule has 1 aromatic rings. The molecule has 0 radical (unpaired) electrons. The van der Waals surface area contributed by atoms with Crippen molar-refractivity contribution in [1.82, 2.24) is 4.98 Å². The molecule has 0 amide bonds. The average molecular weight is 235 g/mol. The molecule has 0 fully saturated rings. The first kappa shape index (κ1) is 14.0. The molecule has 0 saturated heterocycles. The fraction of sp³-hybridized carbons (Fsp3) is 0.667. The van der Waals surface area contributed by atoms with E-state index < -0.39 is 0 Å². The third kappa shape index (κ3) is 4.76. The molecule has 0 saturated carbocycles. The summed E-state index contributed by atoms with van der Waals surface area (Å²) < 4.78 is 0. The summed E-state index contributed by atoms with van der Waals surface area (Å²) in [6, 6.07) is 1.71. The van der Waals surface area contributed by atoms with Crippen molar-refractivity contribution in [3.8, 4) is 0 Å². The van der Waals surface area contributed by atoms with Crippen LogP contribution in [0.25, 0.3) is 0 Å². The molecule has 0 aliphatic rings. The Morgan fingerprint density at radius 1 is 1.06 bits per heavy atom. The zero-order chi connectivity index (χ0) is 12.7. The second-order valence-corrected chi connectivity index (χ2v) is 4.94. The molecule has 17 heavy (non-hydrogen) atoms. The topological polar surface area (TPSA) is 32.9 Å². The van der Waals surface area contributed by atoms with E-state index in [1.54, 1.807) is 6.07 Å². The molecular weight excluding hydrogens is 210 g/mol. The van der Waals surface area contributed by atoms with Gasteiger partial charge in [-0.25, -0.2) is 0 Å². The van der Waals surface area contributed by atoms with E-state index in [-0.39, 0.29) is 5.43 Å². The molecule has 0 aromatic carbocycles. The van der Waals surface area contributed by atoms with Crippen LogP contribution in [-0.2, 0) is 6.42 Å². The van der Waals surface area contributed by atoms with Crippen LogP contribution in [0.4, 0.5) is 0 Å². The Kier molecular flexibility index (Phi) is 6.03. The summed E-state index contributed by atoms with van der Waals surface area (Å²) in [5.41, 5.74) is 3.18. The third-order valence-electron chi connectivity index (χ3n) is 3.26. The number of H-pyrrole nitrogens is 1. The predicted octanol–water partition coefficient (Wildman–Crippen LogP) is 3.89. The van der Waals surface area contributed by atoms with Crippen LogP contribution in [0.15, 0.2) is 10.9 Å². The number of rotatable bonds is 7. The van der Waals surface area contributed by atoms with Crippen LogP contribution in [0.1, 0.15) is 62.4 Å². The average Bonchev–Trinajstić information content (AvgIpc) is 2.26. The largest absolute Gasteiger partial charge is 0.362 e. The van der Waals surface area contributed by atoms with Gasteiger partial charge in [-0.2, -0.15) is 0 Å². The Morgan fingerprint density at radius 2 is 1.71 bits per heavy atom. The van der Waals surface area contributed by atoms with E-state index >= 15 is 0 Å². The van der Waals surface area contributed by atoms with Gasteiger partial charge in [0.25, 0.3) is 0 Å². The van der Waals surface area contributed by atoms with E-state index in [9.17, 15) is 4.79 Å². The Bertz CT molecular complexity index is 392. The van der Waals surface area contributed by atoms with Crippen molar-refractivity contribution in [2.75, 3.05) is 0 Å².